The predicted molar refractivity (Wildman–Crippen MR) is 47.7 cm³/mol. The molecule has 0 spiro atoms. The first-order chi connectivity index (χ1) is 6.36. The summed E-state index contributed by atoms with van der Waals surface area (Å²) < 4.78 is 3.55. The van der Waals surface area contributed by atoms with Gasteiger partial charge in [0.25, 0.3) is 5.56 Å². The zero-order valence-electron chi connectivity index (χ0n) is 7.05. The third kappa shape index (κ3) is 0.915. The number of aromatic nitrogens is 3. The largest absolute Gasteiger partial charge is 0.309 e. The van der Waals surface area contributed by atoms with Crippen LogP contribution in [-0.4, -0.2) is 14.0 Å². The van der Waals surface area contributed by atoms with Gasteiger partial charge >= 0.3 is 0 Å². The molecule has 13 heavy (non-hydrogen) atoms. The summed E-state index contributed by atoms with van der Waals surface area (Å²) in [4.78, 5) is 15.7. The molecule has 0 bridgehead atoms. The maximum atomic E-state index is 11.8. The van der Waals surface area contributed by atoms with E-state index in [1.807, 2.05) is 12.4 Å². The van der Waals surface area contributed by atoms with Gasteiger partial charge < -0.3 is 8.97 Å². The molecule has 0 N–H and O–H groups in total. The molecule has 1 fully saturated rings. The second-order valence-electron chi connectivity index (χ2n) is 3.43. The molecule has 2 aromatic heterocycles. The Labute approximate surface area is 74.4 Å². The maximum Gasteiger partial charge on any atom is 0.276 e. The number of imidazole rings is 1. The molecule has 2 aromatic rings. The van der Waals surface area contributed by atoms with Crippen molar-refractivity contribution in [3.8, 4) is 0 Å². The summed E-state index contributed by atoms with van der Waals surface area (Å²) in [6, 6.07) is 0.437. The van der Waals surface area contributed by atoms with Crippen LogP contribution in [0.4, 0.5) is 0 Å². The minimum absolute atomic E-state index is 0.0718. The fraction of sp³-hybridized carbons (Fsp3) is 0.333. The van der Waals surface area contributed by atoms with E-state index in [2.05, 4.69) is 4.98 Å². The third-order valence-electron chi connectivity index (χ3n) is 2.45. The average Bonchev–Trinajstić information content (AvgIpc) is 2.83. The van der Waals surface area contributed by atoms with Crippen LogP contribution in [0.25, 0.3) is 5.52 Å². The van der Waals surface area contributed by atoms with E-state index >= 15 is 0 Å². The summed E-state index contributed by atoms with van der Waals surface area (Å²) in [5, 5.41) is 0. The van der Waals surface area contributed by atoms with E-state index in [0.717, 1.165) is 12.8 Å². The van der Waals surface area contributed by atoms with Crippen molar-refractivity contribution in [1.82, 2.24) is 14.0 Å². The van der Waals surface area contributed by atoms with Crippen LogP contribution in [0.5, 0.6) is 0 Å². The molecule has 66 valence electrons. The molecule has 0 amide bonds. The lowest BCUT2D eigenvalue weighted by molar-refractivity contribution is 0.703. The second kappa shape index (κ2) is 2.22. The topological polar surface area (TPSA) is 39.3 Å². The highest BCUT2D eigenvalue weighted by atomic mass is 16.1. The van der Waals surface area contributed by atoms with E-state index < -0.39 is 0 Å². The molecular weight excluding hydrogens is 166 g/mol. The first-order valence-electron chi connectivity index (χ1n) is 4.39. The van der Waals surface area contributed by atoms with Crippen LogP contribution in [0.1, 0.15) is 18.9 Å². The van der Waals surface area contributed by atoms with Crippen molar-refractivity contribution in [2.75, 3.05) is 0 Å². The van der Waals surface area contributed by atoms with E-state index in [0.29, 0.717) is 11.6 Å². The first-order valence-corrected chi connectivity index (χ1v) is 4.39. The van der Waals surface area contributed by atoms with Crippen molar-refractivity contribution >= 4 is 5.52 Å². The van der Waals surface area contributed by atoms with Crippen LogP contribution in [0, 0.1) is 0 Å². The Hall–Kier alpha value is -1.58. The lowest BCUT2D eigenvalue weighted by Gasteiger charge is -2.02. The number of nitrogens with zero attached hydrogens (tertiary/aromatic N) is 3. The highest BCUT2D eigenvalue weighted by Gasteiger charge is 2.24. The molecule has 1 saturated carbocycles. The van der Waals surface area contributed by atoms with Gasteiger partial charge in [0, 0.05) is 18.4 Å². The van der Waals surface area contributed by atoms with Crippen molar-refractivity contribution in [3.05, 3.63) is 35.3 Å². The van der Waals surface area contributed by atoms with Crippen LogP contribution in [0.2, 0.25) is 0 Å². The van der Waals surface area contributed by atoms with Crippen LogP contribution in [-0.2, 0) is 0 Å². The van der Waals surface area contributed by atoms with Gasteiger partial charge in [-0.25, -0.2) is 4.98 Å². The van der Waals surface area contributed by atoms with Crippen LogP contribution >= 0.6 is 0 Å². The standard InChI is InChI=1S/C9H9N3O/c13-9-8-5-10-6-11(8)3-4-12(9)7-1-2-7/h3-7H,1-2H2. The zero-order valence-corrected chi connectivity index (χ0v) is 7.05. The quantitative estimate of drug-likeness (QED) is 0.644. The van der Waals surface area contributed by atoms with Gasteiger partial charge in [-0.3, -0.25) is 4.79 Å². The van der Waals surface area contributed by atoms with E-state index in [1.165, 1.54) is 0 Å². The molecule has 0 aromatic carbocycles. The van der Waals surface area contributed by atoms with Crippen molar-refractivity contribution in [2.24, 2.45) is 0 Å². The van der Waals surface area contributed by atoms with Gasteiger partial charge in [0.05, 0.1) is 12.5 Å². The summed E-state index contributed by atoms with van der Waals surface area (Å²) in [5.74, 6) is 0. The van der Waals surface area contributed by atoms with Crippen molar-refractivity contribution < 1.29 is 0 Å². The van der Waals surface area contributed by atoms with Crippen molar-refractivity contribution in [2.45, 2.75) is 18.9 Å². The Morgan fingerprint density at radius 1 is 1.38 bits per heavy atom. The Bertz CT molecular complexity index is 507. The van der Waals surface area contributed by atoms with Gasteiger partial charge in [-0.15, -0.1) is 0 Å². The Morgan fingerprint density at radius 3 is 3.00 bits per heavy atom. The van der Waals surface area contributed by atoms with E-state index in [1.54, 1.807) is 21.5 Å². The lowest BCUT2D eigenvalue weighted by Crippen LogP contribution is -2.19. The SMILES string of the molecule is O=c1c2cncn2ccn1C1CC1. The van der Waals surface area contributed by atoms with Gasteiger partial charge in [-0.2, -0.15) is 0 Å². The second-order valence-corrected chi connectivity index (χ2v) is 3.43. The highest BCUT2D eigenvalue weighted by molar-refractivity contribution is 5.41. The van der Waals surface area contributed by atoms with Crippen molar-refractivity contribution in [1.29, 1.82) is 0 Å². The molecule has 1 aliphatic carbocycles. The molecule has 4 heteroatoms. The Kier molecular flexibility index (Phi) is 1.17. The van der Waals surface area contributed by atoms with Gasteiger partial charge in [-0.05, 0) is 12.8 Å². The lowest BCUT2D eigenvalue weighted by atomic mass is 10.5. The molecule has 0 radical (unpaired) electrons. The van der Waals surface area contributed by atoms with E-state index in [4.69, 9.17) is 0 Å². The minimum Gasteiger partial charge on any atom is -0.309 e. The Morgan fingerprint density at radius 2 is 2.23 bits per heavy atom. The van der Waals surface area contributed by atoms with Crippen molar-refractivity contribution in [3.63, 3.8) is 0 Å². The predicted octanol–water partition coefficient (Wildman–Crippen LogP) is 0.831. The van der Waals surface area contributed by atoms with Gasteiger partial charge in [-0.1, -0.05) is 0 Å². The monoisotopic (exact) mass is 175 g/mol. The summed E-state index contributed by atoms with van der Waals surface area (Å²) >= 11 is 0. The van der Waals surface area contributed by atoms with Gasteiger partial charge in [0.15, 0.2) is 0 Å². The molecule has 0 atom stereocenters. The average molecular weight is 175 g/mol. The van der Waals surface area contributed by atoms with Gasteiger partial charge in [0.2, 0.25) is 0 Å². The molecule has 0 aliphatic heterocycles. The maximum absolute atomic E-state index is 11.8. The normalized spacial score (nSPS) is 16.6. The molecule has 1 aliphatic rings. The fourth-order valence-electron chi connectivity index (χ4n) is 1.57. The summed E-state index contributed by atoms with van der Waals surface area (Å²) in [5.41, 5.74) is 0.733. The summed E-state index contributed by atoms with van der Waals surface area (Å²) in [6.45, 7) is 0. The number of hydrogen-bond acceptors (Lipinski definition) is 2. The molecule has 0 unspecified atom stereocenters. The molecular formula is C9H9N3O. The van der Waals surface area contributed by atoms with Crippen LogP contribution in [0.3, 0.4) is 0 Å². The number of fused-ring (bicyclic) bond motifs is 1. The number of rotatable bonds is 1. The molecule has 4 nitrogen and oxygen atoms in total. The number of hydrogen-bond donors (Lipinski definition) is 0. The first kappa shape index (κ1) is 6.88. The molecule has 2 heterocycles. The molecule has 3 rings (SSSR count). The highest BCUT2D eigenvalue weighted by Crippen LogP contribution is 2.33. The minimum atomic E-state index is 0.0718. The smallest absolute Gasteiger partial charge is 0.276 e. The van der Waals surface area contributed by atoms with Crippen LogP contribution < -0.4 is 5.56 Å². The van der Waals surface area contributed by atoms with E-state index in [-0.39, 0.29) is 5.56 Å². The Balaban J connectivity index is 2.37. The van der Waals surface area contributed by atoms with Gasteiger partial charge in [0.1, 0.15) is 5.52 Å². The van der Waals surface area contributed by atoms with E-state index in [9.17, 15) is 4.79 Å². The summed E-state index contributed by atoms with van der Waals surface area (Å²) in [7, 11) is 0. The molecule has 0 saturated heterocycles. The zero-order chi connectivity index (χ0) is 8.84. The van der Waals surface area contributed by atoms with Crippen LogP contribution in [0.15, 0.2) is 29.7 Å². The fourth-order valence-corrected chi connectivity index (χ4v) is 1.57. The summed E-state index contributed by atoms with van der Waals surface area (Å²) in [6.07, 6.45) is 9.24. The third-order valence-corrected chi connectivity index (χ3v) is 2.45.